The van der Waals surface area contributed by atoms with Crippen molar-refractivity contribution in [3.8, 4) is 0 Å². The summed E-state index contributed by atoms with van der Waals surface area (Å²) >= 11 is 0. The first kappa shape index (κ1) is 11.1. The molecule has 88 valence electrons. The summed E-state index contributed by atoms with van der Waals surface area (Å²) in [4.78, 5) is 14.3. The van der Waals surface area contributed by atoms with Gasteiger partial charge >= 0.3 is 5.97 Å². The predicted octanol–water partition coefficient (Wildman–Crippen LogP) is 1.13. The minimum atomic E-state index is -1.16. The molecular weight excluding hydrogens is 212 g/mol. The minimum absolute atomic E-state index is 0.268. The van der Waals surface area contributed by atoms with Gasteiger partial charge in [-0.15, -0.1) is 0 Å². The third kappa shape index (κ3) is 2.38. The van der Waals surface area contributed by atoms with E-state index in [1.165, 1.54) is 0 Å². The van der Waals surface area contributed by atoms with Crippen LogP contribution >= 0.6 is 0 Å². The van der Waals surface area contributed by atoms with Gasteiger partial charge in [-0.3, -0.25) is 0 Å². The Morgan fingerprint density at radius 2 is 2.38 bits per heavy atom. The van der Waals surface area contributed by atoms with E-state index in [9.17, 15) is 4.79 Å². The van der Waals surface area contributed by atoms with Gasteiger partial charge in [0.1, 0.15) is 0 Å². The topological polar surface area (TPSA) is 85.5 Å². The van der Waals surface area contributed by atoms with Crippen molar-refractivity contribution in [1.29, 1.82) is 0 Å². The maximum Gasteiger partial charge on any atom is 0.377 e. The number of hydrogen-bond donors (Lipinski definition) is 1. The highest BCUT2D eigenvalue weighted by atomic mass is 16.5. The fraction of sp³-hybridized carbons (Fsp3) is 0.700. The van der Waals surface area contributed by atoms with E-state index in [1.807, 2.05) is 6.92 Å². The van der Waals surface area contributed by atoms with Gasteiger partial charge < -0.3 is 14.4 Å². The van der Waals surface area contributed by atoms with Gasteiger partial charge in [-0.1, -0.05) is 0 Å². The summed E-state index contributed by atoms with van der Waals surface area (Å²) in [7, 11) is 0. The zero-order valence-corrected chi connectivity index (χ0v) is 9.05. The molecule has 0 radical (unpaired) electrons. The normalized spacial score (nSPS) is 24.1. The first-order valence-electron chi connectivity index (χ1n) is 5.36. The van der Waals surface area contributed by atoms with Crippen molar-refractivity contribution in [3.63, 3.8) is 0 Å². The molecule has 6 heteroatoms. The zero-order valence-electron chi connectivity index (χ0n) is 9.05. The fourth-order valence-corrected chi connectivity index (χ4v) is 1.88. The van der Waals surface area contributed by atoms with Gasteiger partial charge in [0.15, 0.2) is 0 Å². The lowest BCUT2D eigenvalue weighted by Crippen LogP contribution is -2.32. The van der Waals surface area contributed by atoms with E-state index in [1.54, 1.807) is 0 Å². The number of hydrogen-bond acceptors (Lipinski definition) is 5. The van der Waals surface area contributed by atoms with Crippen LogP contribution in [0.4, 0.5) is 0 Å². The summed E-state index contributed by atoms with van der Waals surface area (Å²) < 4.78 is 10.3. The molecule has 0 spiro atoms. The molecule has 0 unspecified atom stereocenters. The molecule has 0 amide bonds. The predicted molar refractivity (Wildman–Crippen MR) is 53.1 cm³/mol. The Kier molecular flexibility index (Phi) is 3.19. The Labute approximate surface area is 92.6 Å². The van der Waals surface area contributed by atoms with Crippen LogP contribution in [-0.2, 0) is 11.2 Å². The van der Waals surface area contributed by atoms with E-state index in [0.717, 1.165) is 19.4 Å². The quantitative estimate of drug-likeness (QED) is 0.809. The van der Waals surface area contributed by atoms with Gasteiger partial charge in [0.25, 0.3) is 5.82 Å². The first-order valence-corrected chi connectivity index (χ1v) is 5.36. The molecule has 0 aromatic carbocycles. The van der Waals surface area contributed by atoms with Crippen molar-refractivity contribution in [2.75, 3.05) is 6.61 Å². The van der Waals surface area contributed by atoms with Gasteiger partial charge in [-0.25, -0.2) is 4.79 Å². The Balaban J connectivity index is 1.80. The van der Waals surface area contributed by atoms with Crippen LogP contribution < -0.4 is 0 Å². The van der Waals surface area contributed by atoms with Crippen LogP contribution in [0.25, 0.3) is 0 Å². The van der Waals surface area contributed by atoms with E-state index >= 15 is 0 Å². The number of carboxylic acids is 1. The van der Waals surface area contributed by atoms with Crippen molar-refractivity contribution < 1.29 is 19.2 Å². The van der Waals surface area contributed by atoms with Gasteiger partial charge in [-0.2, -0.15) is 4.98 Å². The SMILES string of the molecule is CCOC1CC(Cc2nc(C(=O)O)no2)C1. The second-order valence-corrected chi connectivity index (χ2v) is 3.94. The van der Waals surface area contributed by atoms with E-state index < -0.39 is 5.97 Å². The Morgan fingerprint density at radius 3 is 2.94 bits per heavy atom. The second kappa shape index (κ2) is 4.61. The smallest absolute Gasteiger partial charge is 0.377 e. The molecule has 1 heterocycles. The lowest BCUT2D eigenvalue weighted by atomic mass is 9.80. The highest BCUT2D eigenvalue weighted by Gasteiger charge is 2.31. The molecule has 1 aromatic rings. The Bertz CT molecular complexity index is 371. The molecule has 0 atom stereocenters. The zero-order chi connectivity index (χ0) is 11.5. The van der Waals surface area contributed by atoms with Crippen LogP contribution in [0.2, 0.25) is 0 Å². The molecule has 0 aliphatic heterocycles. The molecule has 1 aromatic heterocycles. The third-order valence-electron chi connectivity index (χ3n) is 2.72. The number of aromatic nitrogens is 2. The minimum Gasteiger partial charge on any atom is -0.475 e. The third-order valence-corrected chi connectivity index (χ3v) is 2.72. The fourth-order valence-electron chi connectivity index (χ4n) is 1.88. The molecule has 0 saturated heterocycles. The summed E-state index contributed by atoms with van der Waals surface area (Å²) in [6, 6.07) is 0. The number of carbonyl (C=O) groups is 1. The highest BCUT2D eigenvalue weighted by molar-refractivity contribution is 5.82. The van der Waals surface area contributed by atoms with E-state index in [4.69, 9.17) is 14.4 Å². The molecule has 1 fully saturated rings. The average Bonchev–Trinajstić information content (AvgIpc) is 2.63. The molecule has 16 heavy (non-hydrogen) atoms. The summed E-state index contributed by atoms with van der Waals surface area (Å²) in [5.41, 5.74) is 0. The molecular formula is C10H14N2O4. The Morgan fingerprint density at radius 1 is 1.62 bits per heavy atom. The summed E-state index contributed by atoms with van der Waals surface area (Å²) in [5.74, 6) is -0.553. The monoisotopic (exact) mass is 226 g/mol. The Hall–Kier alpha value is -1.43. The maximum atomic E-state index is 10.5. The van der Waals surface area contributed by atoms with Crippen LogP contribution in [-0.4, -0.2) is 33.9 Å². The maximum absolute atomic E-state index is 10.5. The van der Waals surface area contributed by atoms with Crippen LogP contribution in [0.3, 0.4) is 0 Å². The van der Waals surface area contributed by atoms with Gasteiger partial charge in [0.05, 0.1) is 6.10 Å². The largest absolute Gasteiger partial charge is 0.475 e. The highest BCUT2D eigenvalue weighted by Crippen LogP contribution is 2.32. The van der Waals surface area contributed by atoms with E-state index in [2.05, 4.69) is 10.1 Å². The van der Waals surface area contributed by atoms with Crippen LogP contribution in [0, 0.1) is 5.92 Å². The number of aromatic carboxylic acids is 1. The molecule has 0 bridgehead atoms. The standard InChI is InChI=1S/C10H14N2O4/c1-2-15-7-3-6(4-7)5-8-11-9(10(13)14)12-16-8/h6-7H,2-5H2,1H3,(H,13,14). The molecule has 1 N–H and O–H groups in total. The van der Waals surface area contributed by atoms with Crippen molar-refractivity contribution in [1.82, 2.24) is 10.1 Å². The van der Waals surface area contributed by atoms with Crippen LogP contribution in [0.1, 0.15) is 36.3 Å². The summed E-state index contributed by atoms with van der Waals surface area (Å²) in [6.45, 7) is 2.71. The summed E-state index contributed by atoms with van der Waals surface area (Å²) in [5, 5.41) is 12.0. The number of carboxylic acid groups (broad SMARTS) is 1. The van der Waals surface area contributed by atoms with Gasteiger partial charge in [0.2, 0.25) is 5.89 Å². The van der Waals surface area contributed by atoms with Crippen molar-refractivity contribution in [2.24, 2.45) is 5.92 Å². The van der Waals surface area contributed by atoms with E-state index in [-0.39, 0.29) is 5.82 Å². The van der Waals surface area contributed by atoms with Gasteiger partial charge in [0, 0.05) is 13.0 Å². The lowest BCUT2D eigenvalue weighted by molar-refractivity contribution is -0.0258. The number of ether oxygens (including phenoxy) is 1. The first-order chi connectivity index (χ1) is 7.69. The molecule has 2 rings (SSSR count). The van der Waals surface area contributed by atoms with E-state index in [0.29, 0.717) is 24.3 Å². The second-order valence-electron chi connectivity index (χ2n) is 3.94. The molecule has 6 nitrogen and oxygen atoms in total. The lowest BCUT2D eigenvalue weighted by Gasteiger charge is -2.33. The van der Waals surface area contributed by atoms with Crippen LogP contribution in [0.5, 0.6) is 0 Å². The van der Waals surface area contributed by atoms with Gasteiger partial charge in [-0.05, 0) is 30.8 Å². The number of rotatable bonds is 5. The summed E-state index contributed by atoms with van der Waals surface area (Å²) in [6.07, 6.45) is 2.96. The van der Waals surface area contributed by atoms with Crippen molar-refractivity contribution in [3.05, 3.63) is 11.7 Å². The average molecular weight is 226 g/mol. The van der Waals surface area contributed by atoms with Crippen molar-refractivity contribution >= 4 is 5.97 Å². The molecule has 1 aliphatic rings. The number of nitrogens with zero attached hydrogens (tertiary/aromatic N) is 2. The van der Waals surface area contributed by atoms with Crippen LogP contribution in [0.15, 0.2) is 4.52 Å². The molecule has 1 aliphatic carbocycles. The van der Waals surface area contributed by atoms with Crippen molar-refractivity contribution in [2.45, 2.75) is 32.3 Å². The molecule has 1 saturated carbocycles.